The van der Waals surface area contributed by atoms with Crippen LogP contribution in [0.25, 0.3) is 0 Å². The number of anilines is 1. The zero-order valence-electron chi connectivity index (χ0n) is 16.2. The van der Waals surface area contributed by atoms with Crippen molar-refractivity contribution in [3.05, 3.63) is 65.7 Å². The summed E-state index contributed by atoms with van der Waals surface area (Å²) in [6.45, 7) is 7.49. The first-order chi connectivity index (χ1) is 13.1. The summed E-state index contributed by atoms with van der Waals surface area (Å²) in [4.78, 5) is 6.81. The van der Waals surface area contributed by atoms with Crippen LogP contribution in [-0.2, 0) is 12.0 Å². The normalized spacial score (nSPS) is 15.4. The van der Waals surface area contributed by atoms with Gasteiger partial charge in [-0.2, -0.15) is 0 Å². The van der Waals surface area contributed by atoms with Crippen molar-refractivity contribution in [3.63, 3.8) is 0 Å². The molecule has 0 fully saturated rings. The van der Waals surface area contributed by atoms with Crippen LogP contribution >= 0.6 is 0 Å². The molecular formula is C21H26N6. The number of nitrogens with zero attached hydrogens (tertiary/aromatic N) is 6. The van der Waals surface area contributed by atoms with Crippen LogP contribution in [-0.4, -0.2) is 31.7 Å². The lowest BCUT2D eigenvalue weighted by molar-refractivity contribution is 0.287. The molecule has 27 heavy (non-hydrogen) atoms. The third-order valence-electron chi connectivity index (χ3n) is 5.63. The zero-order chi connectivity index (χ0) is 18.9. The highest BCUT2D eigenvalue weighted by Crippen LogP contribution is 2.37. The van der Waals surface area contributed by atoms with Crippen LogP contribution in [0.1, 0.15) is 56.6 Å². The maximum Gasteiger partial charge on any atom is 0.179 e. The first kappa shape index (κ1) is 17.6. The van der Waals surface area contributed by atoms with Crippen LogP contribution in [0.5, 0.6) is 0 Å². The Bertz CT molecular complexity index is 902. The van der Waals surface area contributed by atoms with Gasteiger partial charge in [0, 0.05) is 30.2 Å². The topological polar surface area (TPSA) is 59.7 Å². The van der Waals surface area contributed by atoms with Crippen molar-refractivity contribution in [3.8, 4) is 0 Å². The summed E-state index contributed by atoms with van der Waals surface area (Å²) < 4.78 is 1.99. The third-order valence-corrected chi connectivity index (χ3v) is 5.63. The van der Waals surface area contributed by atoms with Crippen LogP contribution in [0.15, 0.2) is 48.8 Å². The summed E-state index contributed by atoms with van der Waals surface area (Å²) in [6.07, 6.45) is 6.91. The minimum Gasteiger partial charge on any atom is -0.357 e. The van der Waals surface area contributed by atoms with E-state index in [1.54, 1.807) is 0 Å². The largest absolute Gasteiger partial charge is 0.357 e. The second kappa shape index (κ2) is 7.10. The number of pyridine rings is 1. The van der Waals surface area contributed by atoms with Crippen LogP contribution in [0.4, 0.5) is 5.69 Å². The Kier molecular flexibility index (Phi) is 4.64. The molecule has 1 atom stereocenters. The van der Waals surface area contributed by atoms with Crippen molar-refractivity contribution in [2.24, 2.45) is 0 Å². The van der Waals surface area contributed by atoms with E-state index in [-0.39, 0.29) is 11.6 Å². The number of hydrogen-bond acceptors (Lipinski definition) is 5. The molecule has 4 rings (SSSR count). The van der Waals surface area contributed by atoms with Gasteiger partial charge in [0.05, 0.1) is 5.54 Å². The average Bonchev–Trinajstić information content (AvgIpc) is 3.20. The van der Waals surface area contributed by atoms with Gasteiger partial charge in [-0.3, -0.25) is 4.98 Å². The molecule has 140 valence electrons. The summed E-state index contributed by atoms with van der Waals surface area (Å²) in [7, 11) is 0. The van der Waals surface area contributed by atoms with E-state index in [4.69, 9.17) is 0 Å². The van der Waals surface area contributed by atoms with Gasteiger partial charge in [0.1, 0.15) is 6.04 Å². The van der Waals surface area contributed by atoms with Crippen LogP contribution in [0, 0.1) is 0 Å². The van der Waals surface area contributed by atoms with Gasteiger partial charge in [0.25, 0.3) is 0 Å². The van der Waals surface area contributed by atoms with Crippen molar-refractivity contribution >= 4 is 5.69 Å². The predicted molar refractivity (Wildman–Crippen MR) is 106 cm³/mol. The Morgan fingerprint density at radius 3 is 2.78 bits per heavy atom. The fourth-order valence-electron chi connectivity index (χ4n) is 3.78. The first-order valence-electron chi connectivity index (χ1n) is 9.65. The van der Waals surface area contributed by atoms with Crippen molar-refractivity contribution in [2.75, 3.05) is 11.4 Å². The molecule has 1 aliphatic rings. The number of benzene rings is 1. The van der Waals surface area contributed by atoms with E-state index in [0.717, 1.165) is 37.2 Å². The molecule has 3 aromatic rings. The summed E-state index contributed by atoms with van der Waals surface area (Å²) in [5.74, 6) is 0.867. The first-order valence-corrected chi connectivity index (χ1v) is 9.65. The van der Waals surface area contributed by atoms with Gasteiger partial charge in [0.2, 0.25) is 0 Å². The zero-order valence-corrected chi connectivity index (χ0v) is 16.2. The highest BCUT2D eigenvalue weighted by molar-refractivity contribution is 5.58. The molecular weight excluding hydrogens is 336 g/mol. The number of aryl methyl sites for hydroxylation is 1. The maximum absolute atomic E-state index is 4.49. The molecule has 0 N–H and O–H groups in total. The highest BCUT2D eigenvalue weighted by Gasteiger charge is 2.34. The number of fused-ring (bicyclic) bond motifs is 1. The number of hydrogen-bond donors (Lipinski definition) is 0. The molecule has 0 unspecified atom stereocenters. The van der Waals surface area contributed by atoms with Gasteiger partial charge in [0.15, 0.2) is 5.82 Å². The quantitative estimate of drug-likeness (QED) is 0.692. The molecule has 6 heteroatoms. The highest BCUT2D eigenvalue weighted by atomic mass is 15.6. The molecule has 0 spiro atoms. The van der Waals surface area contributed by atoms with Gasteiger partial charge < -0.3 is 4.90 Å². The second-order valence-corrected chi connectivity index (χ2v) is 7.73. The Morgan fingerprint density at radius 2 is 2.00 bits per heavy atom. The molecule has 1 aromatic carbocycles. The number of rotatable bonds is 5. The van der Waals surface area contributed by atoms with E-state index >= 15 is 0 Å². The summed E-state index contributed by atoms with van der Waals surface area (Å²) in [5, 5.41) is 12.9. The number of para-hydroxylation sites is 1. The monoisotopic (exact) mass is 362 g/mol. The molecule has 1 aliphatic heterocycles. The van der Waals surface area contributed by atoms with Gasteiger partial charge in [-0.15, -0.1) is 5.10 Å². The smallest absolute Gasteiger partial charge is 0.179 e. The summed E-state index contributed by atoms with van der Waals surface area (Å²) in [6, 6.07) is 12.7. The maximum atomic E-state index is 4.49. The molecule has 0 saturated carbocycles. The molecule has 3 heterocycles. The fourth-order valence-corrected chi connectivity index (χ4v) is 3.78. The Morgan fingerprint density at radius 1 is 1.15 bits per heavy atom. The van der Waals surface area contributed by atoms with Crippen molar-refractivity contribution < 1.29 is 0 Å². The lowest BCUT2D eigenvalue weighted by atomic mass is 9.96. The molecule has 0 amide bonds. The van der Waals surface area contributed by atoms with E-state index in [2.05, 4.69) is 76.5 Å². The van der Waals surface area contributed by atoms with Crippen molar-refractivity contribution in [2.45, 2.75) is 51.6 Å². The van der Waals surface area contributed by atoms with Crippen LogP contribution < -0.4 is 4.90 Å². The van der Waals surface area contributed by atoms with Crippen LogP contribution in [0.3, 0.4) is 0 Å². The minimum atomic E-state index is -0.158. The van der Waals surface area contributed by atoms with E-state index in [0.29, 0.717) is 0 Å². The molecule has 2 aromatic heterocycles. The minimum absolute atomic E-state index is 0.0685. The molecule has 0 saturated heterocycles. The van der Waals surface area contributed by atoms with Gasteiger partial charge >= 0.3 is 0 Å². The SMILES string of the molecule is CCC(C)(C)n1nnnc1[C@@H](c1cccnc1)N1CCCc2ccccc21. The van der Waals surface area contributed by atoms with E-state index in [1.807, 2.05) is 23.1 Å². The van der Waals surface area contributed by atoms with Gasteiger partial charge in [-0.05, 0) is 61.2 Å². The molecule has 6 nitrogen and oxygen atoms in total. The van der Waals surface area contributed by atoms with Crippen molar-refractivity contribution in [1.82, 2.24) is 25.2 Å². The average molecular weight is 362 g/mol. The standard InChI is InChI=1S/C21H26N6/c1-4-21(2,3)27-20(23-24-25-27)19(17-10-7-13-22-15-17)26-14-8-11-16-9-5-6-12-18(16)26/h5-7,9-10,12-13,15,19H,4,8,11,14H2,1-3H3/t19-/m1/s1. The van der Waals surface area contributed by atoms with E-state index < -0.39 is 0 Å². The van der Waals surface area contributed by atoms with Gasteiger partial charge in [-0.1, -0.05) is 31.2 Å². The fraction of sp³-hybridized carbons (Fsp3) is 0.429. The van der Waals surface area contributed by atoms with Crippen LogP contribution in [0.2, 0.25) is 0 Å². The second-order valence-electron chi connectivity index (χ2n) is 7.73. The Labute approximate surface area is 160 Å². The third kappa shape index (κ3) is 3.20. The van der Waals surface area contributed by atoms with Gasteiger partial charge in [-0.25, -0.2) is 4.68 Å². The van der Waals surface area contributed by atoms with E-state index in [9.17, 15) is 0 Å². The lowest BCUT2D eigenvalue weighted by Crippen LogP contribution is -2.38. The number of aromatic nitrogens is 5. The van der Waals surface area contributed by atoms with Crippen molar-refractivity contribution in [1.29, 1.82) is 0 Å². The molecule has 0 radical (unpaired) electrons. The summed E-state index contributed by atoms with van der Waals surface area (Å²) in [5.41, 5.74) is 3.60. The number of tetrazole rings is 1. The molecule has 0 aliphatic carbocycles. The molecule has 0 bridgehead atoms. The lowest BCUT2D eigenvalue weighted by Gasteiger charge is -2.38. The Hall–Kier alpha value is -2.76. The Balaban J connectivity index is 1.88. The predicted octanol–water partition coefficient (Wildman–Crippen LogP) is 3.76. The van der Waals surface area contributed by atoms with E-state index in [1.165, 1.54) is 11.3 Å². The summed E-state index contributed by atoms with van der Waals surface area (Å²) >= 11 is 0.